The van der Waals surface area contributed by atoms with Crippen LogP contribution in [0.1, 0.15) is 44.5 Å². The van der Waals surface area contributed by atoms with Crippen LogP contribution in [-0.2, 0) is 0 Å². The maximum absolute atomic E-state index is 12.2. The fraction of sp³-hybridized carbons (Fsp3) is 0.562. The van der Waals surface area contributed by atoms with Gasteiger partial charge in [0.05, 0.1) is 6.10 Å². The molecule has 0 bridgehead atoms. The first-order valence-corrected chi connectivity index (χ1v) is 8.18. The van der Waals surface area contributed by atoms with Gasteiger partial charge in [0, 0.05) is 16.9 Å². The van der Waals surface area contributed by atoms with Crippen molar-refractivity contribution in [1.29, 1.82) is 0 Å². The third-order valence-electron chi connectivity index (χ3n) is 2.75. The van der Waals surface area contributed by atoms with E-state index in [0.717, 1.165) is 17.5 Å². The van der Waals surface area contributed by atoms with Crippen LogP contribution in [0, 0.1) is 5.92 Å². The Labute approximate surface area is 130 Å². The summed E-state index contributed by atoms with van der Waals surface area (Å²) in [5.74, 6) is 1.23. The van der Waals surface area contributed by atoms with Crippen LogP contribution in [0.25, 0.3) is 0 Å². The number of ether oxygens (including phenoxy) is 1. The molecule has 20 heavy (non-hydrogen) atoms. The van der Waals surface area contributed by atoms with Crippen molar-refractivity contribution in [2.45, 2.75) is 46.3 Å². The van der Waals surface area contributed by atoms with Gasteiger partial charge >= 0.3 is 0 Å². The number of nitrogens with one attached hydrogen (secondary N) is 1. The molecule has 0 spiro atoms. The van der Waals surface area contributed by atoms with Crippen molar-refractivity contribution in [3.8, 4) is 5.75 Å². The van der Waals surface area contributed by atoms with Gasteiger partial charge in [0.2, 0.25) is 0 Å². The smallest absolute Gasteiger partial charge is 0.251 e. The van der Waals surface area contributed by atoms with Crippen molar-refractivity contribution in [2.24, 2.45) is 5.92 Å². The number of benzene rings is 1. The normalized spacial score (nSPS) is 12.6. The monoisotopic (exact) mass is 341 g/mol. The molecule has 1 atom stereocenters. The predicted molar refractivity (Wildman–Crippen MR) is 86.7 cm³/mol. The van der Waals surface area contributed by atoms with E-state index in [-0.39, 0.29) is 18.1 Å². The highest BCUT2D eigenvalue weighted by Gasteiger charge is 2.14. The highest BCUT2D eigenvalue weighted by atomic mass is 79.9. The molecule has 1 aromatic rings. The number of amides is 1. The van der Waals surface area contributed by atoms with Crippen molar-refractivity contribution in [3.63, 3.8) is 0 Å². The minimum Gasteiger partial charge on any atom is -0.491 e. The van der Waals surface area contributed by atoms with Crippen molar-refractivity contribution < 1.29 is 9.53 Å². The zero-order chi connectivity index (χ0) is 15.1. The molecule has 1 N–H and O–H groups in total. The molecule has 1 aromatic carbocycles. The summed E-state index contributed by atoms with van der Waals surface area (Å²) in [6.07, 6.45) is 1.06. The van der Waals surface area contributed by atoms with E-state index in [1.807, 2.05) is 32.0 Å². The number of halogens is 1. The van der Waals surface area contributed by atoms with E-state index in [1.165, 1.54) is 0 Å². The van der Waals surface area contributed by atoms with E-state index in [9.17, 15) is 4.79 Å². The first-order valence-electron chi connectivity index (χ1n) is 7.06. The Balaban J connectivity index is 2.71. The highest BCUT2D eigenvalue weighted by Crippen LogP contribution is 2.15. The fourth-order valence-electron chi connectivity index (χ4n) is 1.98. The molecule has 0 saturated heterocycles. The molecule has 0 radical (unpaired) electrons. The Kier molecular flexibility index (Phi) is 7.06. The van der Waals surface area contributed by atoms with Crippen LogP contribution in [-0.4, -0.2) is 23.4 Å². The maximum atomic E-state index is 12.2. The second kappa shape index (κ2) is 8.30. The second-order valence-corrected chi connectivity index (χ2v) is 6.30. The van der Waals surface area contributed by atoms with Crippen molar-refractivity contribution in [2.75, 3.05) is 5.33 Å². The summed E-state index contributed by atoms with van der Waals surface area (Å²) in [7, 11) is 0. The van der Waals surface area contributed by atoms with E-state index in [4.69, 9.17) is 4.74 Å². The fourth-order valence-corrected chi connectivity index (χ4v) is 2.41. The topological polar surface area (TPSA) is 38.3 Å². The Morgan fingerprint density at radius 1 is 1.30 bits per heavy atom. The maximum Gasteiger partial charge on any atom is 0.251 e. The molecule has 0 aliphatic carbocycles. The van der Waals surface area contributed by atoms with Gasteiger partial charge in [-0.2, -0.15) is 0 Å². The van der Waals surface area contributed by atoms with Gasteiger partial charge in [-0.15, -0.1) is 0 Å². The Bertz CT molecular complexity index is 432. The lowest BCUT2D eigenvalue weighted by atomic mass is 10.0. The van der Waals surface area contributed by atoms with Gasteiger partial charge in [-0.25, -0.2) is 0 Å². The zero-order valence-corrected chi connectivity index (χ0v) is 14.2. The molecule has 0 heterocycles. The number of hydrogen-bond donors (Lipinski definition) is 1. The summed E-state index contributed by atoms with van der Waals surface area (Å²) in [5.41, 5.74) is 0.637. The third kappa shape index (κ3) is 5.95. The van der Waals surface area contributed by atoms with Gasteiger partial charge in [0.15, 0.2) is 0 Å². The summed E-state index contributed by atoms with van der Waals surface area (Å²) in [6.45, 7) is 8.24. The van der Waals surface area contributed by atoms with E-state index in [2.05, 4.69) is 35.1 Å². The molecule has 112 valence electrons. The molecule has 0 aromatic heterocycles. The van der Waals surface area contributed by atoms with Crippen LogP contribution in [0.5, 0.6) is 5.75 Å². The molecule has 3 nitrogen and oxygen atoms in total. The molecule has 0 aliphatic rings. The van der Waals surface area contributed by atoms with Crippen molar-refractivity contribution in [3.05, 3.63) is 29.8 Å². The van der Waals surface area contributed by atoms with E-state index < -0.39 is 0 Å². The van der Waals surface area contributed by atoms with Crippen LogP contribution in [0.2, 0.25) is 0 Å². The molecule has 1 unspecified atom stereocenters. The minimum absolute atomic E-state index is 0.0516. The van der Waals surface area contributed by atoms with E-state index in [1.54, 1.807) is 6.07 Å². The number of rotatable bonds is 7. The number of alkyl halides is 1. The molecular formula is C16H24BrNO2. The van der Waals surface area contributed by atoms with Crippen molar-refractivity contribution in [1.82, 2.24) is 5.32 Å². The van der Waals surface area contributed by atoms with Gasteiger partial charge in [-0.3, -0.25) is 4.79 Å². The van der Waals surface area contributed by atoms with Gasteiger partial charge < -0.3 is 10.1 Å². The number of carbonyl (C=O) groups is 1. The van der Waals surface area contributed by atoms with Gasteiger partial charge in [-0.05, 0) is 44.4 Å². The predicted octanol–water partition coefficient (Wildman–Crippen LogP) is 4.01. The second-order valence-electron chi connectivity index (χ2n) is 5.65. The molecule has 1 rings (SSSR count). The summed E-state index contributed by atoms with van der Waals surface area (Å²) in [4.78, 5) is 12.2. The summed E-state index contributed by atoms with van der Waals surface area (Å²) >= 11 is 3.45. The third-order valence-corrected chi connectivity index (χ3v) is 3.53. The Hall–Kier alpha value is -1.03. The molecular weight excluding hydrogens is 318 g/mol. The molecule has 4 heteroatoms. The molecule has 1 amide bonds. The van der Waals surface area contributed by atoms with Gasteiger partial charge in [0.25, 0.3) is 5.91 Å². The van der Waals surface area contributed by atoms with E-state index >= 15 is 0 Å². The number of hydrogen-bond acceptors (Lipinski definition) is 2. The highest BCUT2D eigenvalue weighted by molar-refractivity contribution is 9.09. The lowest BCUT2D eigenvalue weighted by Crippen LogP contribution is -2.37. The summed E-state index contributed by atoms with van der Waals surface area (Å²) in [5, 5.41) is 3.82. The SMILES string of the molecule is CC(C)CC(CBr)NC(=O)c1cccc(OC(C)C)c1. The lowest BCUT2D eigenvalue weighted by Gasteiger charge is -2.18. The first-order chi connectivity index (χ1) is 9.42. The van der Waals surface area contributed by atoms with Crippen molar-refractivity contribution >= 4 is 21.8 Å². The standard InChI is InChI=1S/C16H24BrNO2/c1-11(2)8-14(10-17)18-16(19)13-6-5-7-15(9-13)20-12(3)4/h5-7,9,11-12,14H,8,10H2,1-4H3,(H,18,19). The first kappa shape index (κ1) is 17.0. The molecule has 0 saturated carbocycles. The van der Waals surface area contributed by atoms with Crippen LogP contribution in [0.15, 0.2) is 24.3 Å². The summed E-state index contributed by atoms with van der Waals surface area (Å²) in [6, 6.07) is 7.46. The van der Waals surface area contributed by atoms with Crippen LogP contribution in [0.3, 0.4) is 0 Å². The molecule has 0 fully saturated rings. The minimum atomic E-state index is -0.0516. The van der Waals surface area contributed by atoms with Crippen LogP contribution < -0.4 is 10.1 Å². The van der Waals surface area contributed by atoms with Crippen LogP contribution >= 0.6 is 15.9 Å². The Morgan fingerprint density at radius 2 is 2.00 bits per heavy atom. The summed E-state index contributed by atoms with van der Waals surface area (Å²) < 4.78 is 5.61. The number of carbonyl (C=O) groups excluding carboxylic acids is 1. The average Bonchev–Trinajstić information content (AvgIpc) is 2.36. The van der Waals surface area contributed by atoms with Crippen LogP contribution in [0.4, 0.5) is 0 Å². The van der Waals surface area contributed by atoms with Gasteiger partial charge in [-0.1, -0.05) is 35.8 Å². The lowest BCUT2D eigenvalue weighted by molar-refractivity contribution is 0.0936. The largest absolute Gasteiger partial charge is 0.491 e. The van der Waals surface area contributed by atoms with E-state index in [0.29, 0.717) is 11.5 Å². The average molecular weight is 342 g/mol. The molecule has 0 aliphatic heterocycles. The van der Waals surface area contributed by atoms with Gasteiger partial charge in [0.1, 0.15) is 5.75 Å². The zero-order valence-electron chi connectivity index (χ0n) is 12.7. The Morgan fingerprint density at radius 3 is 2.55 bits per heavy atom. The quantitative estimate of drug-likeness (QED) is 0.761.